The molecule has 0 saturated carbocycles. The third kappa shape index (κ3) is 3.66. The van der Waals surface area contributed by atoms with E-state index in [0.29, 0.717) is 25.6 Å². The fourth-order valence-electron chi connectivity index (χ4n) is 2.52. The average Bonchev–Trinajstić information content (AvgIpc) is 2.81. The molecule has 6 heteroatoms. The largest absolute Gasteiger partial charge is 0.377 e. The Hall–Kier alpha value is 0.350. The van der Waals surface area contributed by atoms with Crippen LogP contribution in [-0.4, -0.2) is 49.6 Å². The smallest absolute Gasteiger partial charge is 0.216 e. The third-order valence-electron chi connectivity index (χ3n) is 3.51. The summed E-state index contributed by atoms with van der Waals surface area (Å²) in [6.07, 6.45) is 3.89. The van der Waals surface area contributed by atoms with Crippen molar-refractivity contribution in [3.8, 4) is 0 Å². The molecule has 4 nitrogen and oxygen atoms in total. The van der Waals surface area contributed by atoms with Gasteiger partial charge in [0, 0.05) is 25.0 Å². The first kappa shape index (κ1) is 13.8. The van der Waals surface area contributed by atoms with Gasteiger partial charge in [0.05, 0.1) is 11.9 Å². The lowest BCUT2D eigenvalue weighted by Crippen LogP contribution is -2.43. The Morgan fingerprint density at radius 1 is 1.29 bits per heavy atom. The third-order valence-corrected chi connectivity index (χ3v) is 6.34. The maximum Gasteiger partial charge on any atom is 0.216 e. The summed E-state index contributed by atoms with van der Waals surface area (Å²) in [6.45, 7) is 2.06. The molecule has 100 valence electrons. The number of rotatable bonds is 4. The van der Waals surface area contributed by atoms with Gasteiger partial charge >= 0.3 is 0 Å². The van der Waals surface area contributed by atoms with Crippen molar-refractivity contribution in [2.75, 3.05) is 30.8 Å². The molecule has 2 heterocycles. The number of sulfonamides is 1. The minimum atomic E-state index is -3.12. The van der Waals surface area contributed by atoms with E-state index in [1.54, 1.807) is 4.31 Å². The van der Waals surface area contributed by atoms with Crippen LogP contribution in [0.1, 0.15) is 25.7 Å². The van der Waals surface area contributed by atoms with Gasteiger partial charge in [0.25, 0.3) is 0 Å². The summed E-state index contributed by atoms with van der Waals surface area (Å²) in [4.78, 5) is 0. The number of hydrogen-bond acceptors (Lipinski definition) is 3. The molecule has 17 heavy (non-hydrogen) atoms. The Labute approximate surface area is 112 Å². The minimum absolute atomic E-state index is 0.0793. The number of hydrogen-bond donors (Lipinski definition) is 0. The van der Waals surface area contributed by atoms with Gasteiger partial charge in [-0.3, -0.25) is 0 Å². The molecule has 0 aromatic heterocycles. The maximum atomic E-state index is 12.2. The van der Waals surface area contributed by atoms with E-state index in [1.807, 2.05) is 0 Å². The number of nitrogens with zero attached hydrogens (tertiary/aromatic N) is 1. The fraction of sp³-hybridized carbons (Fsp3) is 1.00. The molecule has 2 saturated heterocycles. The monoisotopic (exact) mass is 325 g/mol. The minimum Gasteiger partial charge on any atom is -0.377 e. The number of ether oxygens (including phenoxy) is 1. The summed E-state index contributed by atoms with van der Waals surface area (Å²) in [5, 5.41) is 0.888. The van der Waals surface area contributed by atoms with Crippen molar-refractivity contribution in [2.45, 2.75) is 31.8 Å². The van der Waals surface area contributed by atoms with E-state index in [0.717, 1.165) is 31.0 Å². The van der Waals surface area contributed by atoms with Crippen LogP contribution in [0.3, 0.4) is 0 Å². The molecule has 0 bridgehead atoms. The zero-order valence-corrected chi connectivity index (χ0v) is 12.4. The summed E-state index contributed by atoms with van der Waals surface area (Å²) in [6, 6.07) is 0. The lowest BCUT2D eigenvalue weighted by molar-refractivity contribution is 0.126. The van der Waals surface area contributed by atoms with Crippen LogP contribution in [0.4, 0.5) is 0 Å². The Bertz CT molecular complexity index is 341. The van der Waals surface area contributed by atoms with Crippen molar-refractivity contribution < 1.29 is 13.2 Å². The fourth-order valence-corrected chi connectivity index (χ4v) is 4.84. The van der Waals surface area contributed by atoms with Crippen LogP contribution in [0.5, 0.6) is 0 Å². The molecule has 0 aliphatic carbocycles. The van der Waals surface area contributed by atoms with Gasteiger partial charge in [-0.05, 0) is 31.6 Å². The van der Waals surface area contributed by atoms with Crippen LogP contribution in [0.25, 0.3) is 0 Å². The predicted octanol–water partition coefficient (Wildman–Crippen LogP) is 1.60. The zero-order valence-electron chi connectivity index (χ0n) is 9.98. The van der Waals surface area contributed by atoms with Crippen molar-refractivity contribution in [2.24, 2.45) is 5.92 Å². The second kappa shape index (κ2) is 5.99. The average molecular weight is 326 g/mol. The predicted molar refractivity (Wildman–Crippen MR) is 70.9 cm³/mol. The van der Waals surface area contributed by atoms with E-state index in [9.17, 15) is 8.42 Å². The number of piperidine rings is 1. The van der Waals surface area contributed by atoms with E-state index in [4.69, 9.17) is 4.74 Å². The second-order valence-electron chi connectivity index (χ2n) is 4.93. The molecule has 0 aromatic carbocycles. The number of halogens is 1. The van der Waals surface area contributed by atoms with Gasteiger partial charge in [-0.15, -0.1) is 0 Å². The van der Waals surface area contributed by atoms with Crippen molar-refractivity contribution in [3.05, 3.63) is 0 Å². The highest BCUT2D eigenvalue weighted by Crippen LogP contribution is 2.23. The lowest BCUT2D eigenvalue weighted by Gasteiger charge is -2.31. The molecule has 0 radical (unpaired) electrons. The summed E-state index contributed by atoms with van der Waals surface area (Å²) >= 11 is 3.45. The van der Waals surface area contributed by atoms with E-state index in [-0.39, 0.29) is 11.9 Å². The molecular weight excluding hydrogens is 306 g/mol. The van der Waals surface area contributed by atoms with Crippen molar-refractivity contribution in [1.29, 1.82) is 0 Å². The molecule has 2 atom stereocenters. The quantitative estimate of drug-likeness (QED) is 0.737. The van der Waals surface area contributed by atoms with E-state index in [1.165, 1.54) is 0 Å². The van der Waals surface area contributed by atoms with Gasteiger partial charge in [-0.1, -0.05) is 15.9 Å². The van der Waals surface area contributed by atoms with E-state index in [2.05, 4.69) is 15.9 Å². The van der Waals surface area contributed by atoms with Gasteiger partial charge in [-0.25, -0.2) is 12.7 Å². The highest BCUT2D eigenvalue weighted by atomic mass is 79.9. The molecule has 2 aliphatic rings. The highest BCUT2D eigenvalue weighted by molar-refractivity contribution is 9.09. The van der Waals surface area contributed by atoms with Gasteiger partial charge < -0.3 is 4.74 Å². The van der Waals surface area contributed by atoms with Gasteiger partial charge in [0.1, 0.15) is 0 Å². The Morgan fingerprint density at radius 2 is 2.12 bits per heavy atom. The Balaban J connectivity index is 1.94. The van der Waals surface area contributed by atoms with Crippen LogP contribution in [0.15, 0.2) is 0 Å². The first-order valence-corrected chi connectivity index (χ1v) is 9.00. The SMILES string of the molecule is O=S(=O)(CC1CCCO1)N1CCCC(CBr)C1. The molecular formula is C11H20BrNO3S. The van der Waals surface area contributed by atoms with Gasteiger partial charge in [-0.2, -0.15) is 0 Å². The van der Waals surface area contributed by atoms with Crippen molar-refractivity contribution in [3.63, 3.8) is 0 Å². The van der Waals surface area contributed by atoms with Crippen molar-refractivity contribution >= 4 is 26.0 Å². The molecule has 0 aromatic rings. The van der Waals surface area contributed by atoms with Crippen molar-refractivity contribution in [1.82, 2.24) is 4.31 Å². The Morgan fingerprint density at radius 3 is 2.76 bits per heavy atom. The summed E-state index contributed by atoms with van der Waals surface area (Å²) in [5.74, 6) is 0.630. The maximum absolute atomic E-state index is 12.2. The summed E-state index contributed by atoms with van der Waals surface area (Å²) in [7, 11) is -3.12. The van der Waals surface area contributed by atoms with Crippen LogP contribution < -0.4 is 0 Å². The molecule has 2 fully saturated rings. The topological polar surface area (TPSA) is 46.6 Å². The molecule has 0 spiro atoms. The van der Waals surface area contributed by atoms with Crippen LogP contribution >= 0.6 is 15.9 Å². The first-order chi connectivity index (χ1) is 8.12. The first-order valence-electron chi connectivity index (χ1n) is 6.27. The molecule has 2 aliphatic heterocycles. The molecule has 0 N–H and O–H groups in total. The normalized spacial score (nSPS) is 31.8. The highest BCUT2D eigenvalue weighted by Gasteiger charge is 2.31. The second-order valence-corrected chi connectivity index (χ2v) is 7.60. The Kier molecular flexibility index (Phi) is 4.86. The van der Waals surface area contributed by atoms with E-state index < -0.39 is 10.0 Å². The van der Waals surface area contributed by atoms with Crippen LogP contribution in [-0.2, 0) is 14.8 Å². The van der Waals surface area contributed by atoms with Gasteiger partial charge in [0.2, 0.25) is 10.0 Å². The van der Waals surface area contributed by atoms with Crippen LogP contribution in [0.2, 0.25) is 0 Å². The lowest BCUT2D eigenvalue weighted by atomic mass is 10.0. The molecule has 0 amide bonds. The standard InChI is InChI=1S/C11H20BrNO3S/c12-7-10-3-1-5-13(8-10)17(14,15)9-11-4-2-6-16-11/h10-11H,1-9H2. The zero-order chi connectivity index (χ0) is 12.3. The van der Waals surface area contributed by atoms with Gasteiger partial charge in [0.15, 0.2) is 0 Å². The van der Waals surface area contributed by atoms with E-state index >= 15 is 0 Å². The summed E-state index contributed by atoms with van der Waals surface area (Å²) < 4.78 is 31.5. The number of alkyl halides is 1. The molecule has 2 unspecified atom stereocenters. The molecule has 2 rings (SSSR count). The van der Waals surface area contributed by atoms with Crippen LogP contribution in [0, 0.1) is 5.92 Å². The summed E-state index contributed by atoms with van der Waals surface area (Å²) in [5.41, 5.74) is 0.